The third kappa shape index (κ3) is 2.10. The molecule has 2 rings (SSSR count). The molecule has 0 saturated carbocycles. The van der Waals surface area contributed by atoms with Crippen LogP contribution in [0, 0.1) is 23.7 Å². The summed E-state index contributed by atoms with van der Waals surface area (Å²) in [7, 11) is -2.92. The van der Waals surface area contributed by atoms with Gasteiger partial charge < -0.3 is 17.7 Å². The molecule has 0 fully saturated rings. The molecule has 2 heterocycles. The minimum absolute atomic E-state index is 0.298. The molecule has 0 radical (unpaired) electrons. The first kappa shape index (κ1) is 8.76. The van der Waals surface area contributed by atoms with Crippen molar-refractivity contribution in [1.29, 1.82) is 0 Å². The van der Waals surface area contributed by atoms with Crippen molar-refractivity contribution < 1.29 is 17.7 Å². The van der Waals surface area contributed by atoms with Gasteiger partial charge in [-0.05, 0) is 0 Å². The molecule has 0 bridgehead atoms. The molecule has 0 unspecified atom stereocenters. The number of hydrogen-bond donors (Lipinski definition) is 0. The first-order chi connectivity index (χ1) is 6.41. The molecule has 5 heteroatoms. The van der Waals surface area contributed by atoms with E-state index >= 15 is 0 Å². The molecule has 68 valence electrons. The van der Waals surface area contributed by atoms with Crippen LogP contribution < -0.4 is 0 Å². The van der Waals surface area contributed by atoms with E-state index in [1.165, 1.54) is 0 Å². The second kappa shape index (κ2) is 3.92. The Hall–Kier alpha value is -0.823. The molecule has 0 atom stereocenters. The molecular formula is C8H8O4Si. The first-order valence-corrected chi connectivity index (χ1v) is 5.52. The van der Waals surface area contributed by atoms with E-state index in [0.717, 1.165) is 0 Å². The molecule has 2 aliphatic heterocycles. The second-order valence-electron chi connectivity index (χ2n) is 2.36. The standard InChI is InChI=1S/C8H8O4Si/c1-2-6-10-13(9-5-1)11-7-3-4-8-12-13/h5-8H2. The summed E-state index contributed by atoms with van der Waals surface area (Å²) in [5.74, 6) is 11.1. The van der Waals surface area contributed by atoms with Gasteiger partial charge in [-0.15, -0.1) is 0 Å². The van der Waals surface area contributed by atoms with Crippen LogP contribution in [0.5, 0.6) is 0 Å². The molecule has 0 aliphatic carbocycles. The van der Waals surface area contributed by atoms with Crippen LogP contribution in [0.25, 0.3) is 0 Å². The van der Waals surface area contributed by atoms with E-state index in [4.69, 9.17) is 17.7 Å². The van der Waals surface area contributed by atoms with Gasteiger partial charge in [-0.25, -0.2) is 0 Å². The zero-order valence-corrected chi connectivity index (χ0v) is 7.96. The Bertz CT molecular complexity index is 246. The molecule has 0 aromatic rings. The smallest absolute Gasteiger partial charge is 0.340 e. The van der Waals surface area contributed by atoms with Gasteiger partial charge in [-0.1, -0.05) is 23.7 Å². The largest absolute Gasteiger partial charge is 0.682 e. The fourth-order valence-electron chi connectivity index (χ4n) is 0.952. The zero-order chi connectivity index (χ0) is 8.99. The monoisotopic (exact) mass is 196 g/mol. The summed E-state index contributed by atoms with van der Waals surface area (Å²) in [6.07, 6.45) is 0. The molecule has 4 nitrogen and oxygen atoms in total. The Balaban J connectivity index is 2.02. The summed E-state index contributed by atoms with van der Waals surface area (Å²) >= 11 is 0. The first-order valence-electron chi connectivity index (χ1n) is 3.89. The highest BCUT2D eigenvalue weighted by Crippen LogP contribution is 2.13. The van der Waals surface area contributed by atoms with Crippen molar-refractivity contribution in [2.45, 2.75) is 0 Å². The van der Waals surface area contributed by atoms with Crippen LogP contribution in [-0.2, 0) is 17.7 Å². The van der Waals surface area contributed by atoms with Crippen LogP contribution >= 0.6 is 0 Å². The summed E-state index contributed by atoms with van der Waals surface area (Å²) in [6, 6.07) is 0. The van der Waals surface area contributed by atoms with Gasteiger partial charge in [-0.3, -0.25) is 0 Å². The average molecular weight is 196 g/mol. The van der Waals surface area contributed by atoms with Gasteiger partial charge in [0.2, 0.25) is 0 Å². The molecule has 0 aromatic heterocycles. The van der Waals surface area contributed by atoms with E-state index in [9.17, 15) is 0 Å². The van der Waals surface area contributed by atoms with Crippen molar-refractivity contribution >= 4 is 9.05 Å². The second-order valence-corrected chi connectivity index (χ2v) is 4.52. The van der Waals surface area contributed by atoms with Gasteiger partial charge in [0, 0.05) is 0 Å². The van der Waals surface area contributed by atoms with E-state index in [1.54, 1.807) is 0 Å². The molecule has 2 aliphatic rings. The third-order valence-corrected chi connectivity index (χ3v) is 3.53. The summed E-state index contributed by atoms with van der Waals surface area (Å²) in [4.78, 5) is 0. The molecular weight excluding hydrogens is 188 g/mol. The predicted octanol–water partition coefficient (Wildman–Crippen LogP) is -0.478. The van der Waals surface area contributed by atoms with Crippen LogP contribution in [0.4, 0.5) is 0 Å². The predicted molar refractivity (Wildman–Crippen MR) is 45.1 cm³/mol. The lowest BCUT2D eigenvalue weighted by Crippen LogP contribution is -2.48. The van der Waals surface area contributed by atoms with Crippen LogP contribution in [0.2, 0.25) is 0 Å². The molecule has 13 heavy (non-hydrogen) atoms. The lowest BCUT2D eigenvalue weighted by atomic mass is 10.6. The Morgan fingerprint density at radius 2 is 0.923 bits per heavy atom. The Morgan fingerprint density at radius 1 is 0.615 bits per heavy atom. The average Bonchev–Trinajstić information content (AvgIpc) is 2.50. The summed E-state index contributed by atoms with van der Waals surface area (Å²) in [6.45, 7) is 1.19. The van der Waals surface area contributed by atoms with E-state index < -0.39 is 9.05 Å². The van der Waals surface area contributed by atoms with E-state index in [-0.39, 0.29) is 0 Å². The number of hydrogen-bond acceptors (Lipinski definition) is 4. The number of rotatable bonds is 0. The highest BCUT2D eigenvalue weighted by atomic mass is 28.4. The zero-order valence-electron chi connectivity index (χ0n) is 6.96. The summed E-state index contributed by atoms with van der Waals surface area (Å²) in [5.41, 5.74) is 0. The van der Waals surface area contributed by atoms with Crippen molar-refractivity contribution in [3.05, 3.63) is 0 Å². The minimum atomic E-state index is -2.92. The molecule has 0 aromatic carbocycles. The van der Waals surface area contributed by atoms with Crippen LogP contribution in [-0.4, -0.2) is 35.5 Å². The third-order valence-electron chi connectivity index (χ3n) is 1.53. The Labute approximate surface area is 77.6 Å². The van der Waals surface area contributed by atoms with Crippen molar-refractivity contribution in [3.63, 3.8) is 0 Å². The fourth-order valence-corrected chi connectivity index (χ4v) is 2.45. The topological polar surface area (TPSA) is 36.9 Å². The fraction of sp³-hybridized carbons (Fsp3) is 0.500. The van der Waals surface area contributed by atoms with Crippen molar-refractivity contribution in [2.24, 2.45) is 0 Å². The van der Waals surface area contributed by atoms with E-state index in [1.807, 2.05) is 0 Å². The normalized spacial score (nSPS) is 24.6. The van der Waals surface area contributed by atoms with Crippen LogP contribution in [0.15, 0.2) is 0 Å². The summed E-state index contributed by atoms with van der Waals surface area (Å²) in [5, 5.41) is 0. The lowest BCUT2D eigenvalue weighted by Gasteiger charge is -2.22. The maximum Gasteiger partial charge on any atom is 0.682 e. The molecule has 0 N–H and O–H groups in total. The van der Waals surface area contributed by atoms with Gasteiger partial charge in [0.25, 0.3) is 0 Å². The quantitative estimate of drug-likeness (QED) is 0.387. The maximum atomic E-state index is 5.33. The Morgan fingerprint density at radius 3 is 1.23 bits per heavy atom. The highest BCUT2D eigenvalue weighted by Gasteiger charge is 2.46. The van der Waals surface area contributed by atoms with Crippen LogP contribution in [0.3, 0.4) is 0 Å². The van der Waals surface area contributed by atoms with Gasteiger partial charge in [-0.2, -0.15) is 0 Å². The van der Waals surface area contributed by atoms with Gasteiger partial charge in [0.15, 0.2) is 0 Å². The van der Waals surface area contributed by atoms with Crippen molar-refractivity contribution in [3.8, 4) is 23.7 Å². The lowest BCUT2D eigenvalue weighted by molar-refractivity contribution is -0.00275. The molecule has 0 amide bonds. The van der Waals surface area contributed by atoms with E-state index in [0.29, 0.717) is 26.4 Å². The van der Waals surface area contributed by atoms with E-state index in [2.05, 4.69) is 23.7 Å². The Kier molecular flexibility index (Phi) is 2.64. The highest BCUT2D eigenvalue weighted by molar-refractivity contribution is 6.53. The van der Waals surface area contributed by atoms with Crippen molar-refractivity contribution in [1.82, 2.24) is 0 Å². The van der Waals surface area contributed by atoms with Crippen molar-refractivity contribution in [2.75, 3.05) is 26.4 Å². The molecule has 0 saturated heterocycles. The summed E-state index contributed by atoms with van der Waals surface area (Å²) < 4.78 is 21.3. The van der Waals surface area contributed by atoms with Gasteiger partial charge in [0.05, 0.1) is 0 Å². The van der Waals surface area contributed by atoms with Crippen LogP contribution in [0.1, 0.15) is 0 Å². The van der Waals surface area contributed by atoms with Gasteiger partial charge in [0.1, 0.15) is 26.4 Å². The minimum Gasteiger partial charge on any atom is -0.340 e. The maximum absolute atomic E-state index is 5.33. The molecule has 1 spiro atoms. The van der Waals surface area contributed by atoms with Gasteiger partial charge >= 0.3 is 9.05 Å². The SMILES string of the molecule is C1#CCO[Si]2(OC1)OCC#CCO2.